The third-order valence-electron chi connectivity index (χ3n) is 21.4. The van der Waals surface area contributed by atoms with Crippen LogP contribution >= 0.6 is 0 Å². The maximum absolute atomic E-state index is 13.9. The normalized spacial score (nSPS) is 49.0. The maximum atomic E-state index is 13.9. The summed E-state index contributed by atoms with van der Waals surface area (Å²) in [6.07, 6.45) is -24.0. The van der Waals surface area contributed by atoms with Crippen LogP contribution in [-0.4, -0.2) is 216 Å². The smallest absolute Gasteiger partial charge is 0.335 e. The Morgan fingerprint density at radius 3 is 1.71 bits per heavy atom. The van der Waals surface area contributed by atoms with Crippen LogP contribution in [0.15, 0.2) is 34.9 Å². The van der Waals surface area contributed by atoms with Crippen molar-refractivity contribution in [2.24, 2.45) is 50.2 Å². The number of hydrogen-bond acceptors (Lipinski definition) is 22. The van der Waals surface area contributed by atoms with E-state index in [1.807, 2.05) is 34.6 Å². The number of aliphatic hydroxyl groups is 11. The van der Waals surface area contributed by atoms with Crippen LogP contribution in [0.3, 0.4) is 0 Å². The second kappa shape index (κ2) is 22.7. The molecule has 5 aliphatic carbocycles. The van der Waals surface area contributed by atoms with Crippen LogP contribution < -0.4 is 0 Å². The Balaban J connectivity index is 1.14. The van der Waals surface area contributed by atoms with Gasteiger partial charge in [0.1, 0.15) is 67.1 Å². The molecular weight excluding hydrogens is 1050 g/mol. The largest absolute Gasteiger partial charge is 0.479 e. The van der Waals surface area contributed by atoms with E-state index < -0.39 is 193 Å². The lowest BCUT2D eigenvalue weighted by Gasteiger charge is -2.73. The van der Waals surface area contributed by atoms with Gasteiger partial charge < -0.3 is 99.2 Å². The van der Waals surface area contributed by atoms with E-state index in [1.165, 1.54) is 0 Å². The number of fused-ring (bicyclic) bond motifs is 7. The molecule has 0 spiro atoms. The number of hydrogen-bond donors (Lipinski definition) is 12. The minimum absolute atomic E-state index is 0.153. The van der Waals surface area contributed by atoms with Crippen molar-refractivity contribution in [1.82, 2.24) is 0 Å². The summed E-state index contributed by atoms with van der Waals surface area (Å²) in [4.78, 5) is 40.3. The van der Waals surface area contributed by atoms with Gasteiger partial charge in [-0.15, -0.1) is 0 Å². The Bertz CT molecular complexity index is 2390. The van der Waals surface area contributed by atoms with Gasteiger partial charge in [-0.05, 0) is 100 Å². The lowest BCUT2D eigenvalue weighted by molar-refractivity contribution is -0.386. The molecule has 23 nitrogen and oxygen atoms in total. The number of aliphatic carboxylic acids is 1. The molecule has 3 aliphatic heterocycles. The minimum atomic E-state index is -2.13. The van der Waals surface area contributed by atoms with E-state index in [1.54, 1.807) is 39.8 Å². The Hall–Kier alpha value is -3.05. The van der Waals surface area contributed by atoms with Crippen molar-refractivity contribution in [3.63, 3.8) is 0 Å². The summed E-state index contributed by atoms with van der Waals surface area (Å²) in [5.74, 6) is -4.01. The van der Waals surface area contributed by atoms with Crippen molar-refractivity contribution in [2.45, 2.75) is 231 Å². The van der Waals surface area contributed by atoms with E-state index in [9.17, 15) is 75.7 Å². The molecule has 12 N–H and O–H groups in total. The number of carbonyl (C=O) groups is 3. The van der Waals surface area contributed by atoms with Crippen LogP contribution in [0.2, 0.25) is 0 Å². The number of allylic oxidation sites excluding steroid dienone is 3. The first-order chi connectivity index (χ1) is 37.3. The minimum Gasteiger partial charge on any atom is -0.479 e. The summed E-state index contributed by atoms with van der Waals surface area (Å²) in [6, 6.07) is 0. The van der Waals surface area contributed by atoms with Crippen LogP contribution in [0.1, 0.15) is 115 Å². The maximum Gasteiger partial charge on any atom is 0.335 e. The summed E-state index contributed by atoms with van der Waals surface area (Å²) in [5, 5.41) is 134. The fraction of sp³-hybridized carbons (Fsp3) is 0.842. The highest BCUT2D eigenvalue weighted by atomic mass is 16.8. The number of esters is 2. The molecule has 23 heteroatoms. The number of carboxylic acid groups (broad SMARTS) is 1. The molecule has 8 aliphatic rings. The lowest BCUT2D eigenvalue weighted by Crippen LogP contribution is -2.76. The molecule has 4 saturated carbocycles. The van der Waals surface area contributed by atoms with Crippen molar-refractivity contribution in [1.29, 1.82) is 0 Å². The summed E-state index contributed by atoms with van der Waals surface area (Å²) in [6.45, 7) is 18.4. The number of ether oxygens (including phenoxy) is 8. The highest BCUT2D eigenvalue weighted by Gasteiger charge is 2.76. The van der Waals surface area contributed by atoms with Crippen molar-refractivity contribution in [3.8, 4) is 0 Å². The second-order valence-electron chi connectivity index (χ2n) is 26.0. The zero-order valence-electron chi connectivity index (χ0n) is 47.7. The number of carbonyl (C=O) groups excluding carboxylic acids is 2. The van der Waals surface area contributed by atoms with Gasteiger partial charge in [-0.25, -0.2) is 14.4 Å². The van der Waals surface area contributed by atoms with Crippen molar-refractivity contribution >= 4 is 17.9 Å². The molecule has 3 saturated heterocycles. The molecule has 26 atom stereocenters. The van der Waals surface area contributed by atoms with Crippen LogP contribution in [0, 0.1) is 50.2 Å². The molecule has 0 aromatic rings. The zero-order chi connectivity index (χ0) is 59.3. The molecule has 0 aromatic carbocycles. The van der Waals surface area contributed by atoms with Crippen molar-refractivity contribution < 1.29 is 114 Å². The first-order valence-corrected chi connectivity index (χ1v) is 28.1. The molecule has 7 fully saturated rings. The summed E-state index contributed by atoms with van der Waals surface area (Å²) >= 11 is 0. The molecule has 11 unspecified atom stereocenters. The van der Waals surface area contributed by atoms with E-state index in [4.69, 9.17) is 37.9 Å². The van der Waals surface area contributed by atoms with Gasteiger partial charge in [0.25, 0.3) is 0 Å². The van der Waals surface area contributed by atoms with Gasteiger partial charge in [-0.1, -0.05) is 72.3 Å². The van der Waals surface area contributed by atoms with Crippen molar-refractivity contribution in [2.75, 3.05) is 19.8 Å². The van der Waals surface area contributed by atoms with E-state index in [2.05, 4.69) is 19.9 Å². The van der Waals surface area contributed by atoms with Crippen LogP contribution in [0.4, 0.5) is 0 Å². The molecule has 0 amide bonds. The summed E-state index contributed by atoms with van der Waals surface area (Å²) in [5.41, 5.74) is -4.40. The summed E-state index contributed by atoms with van der Waals surface area (Å²) in [7, 11) is 0. The highest BCUT2D eigenvalue weighted by Crippen LogP contribution is 2.76. The fourth-order valence-electron chi connectivity index (χ4n) is 16.2. The van der Waals surface area contributed by atoms with Gasteiger partial charge in [0.15, 0.2) is 31.1 Å². The van der Waals surface area contributed by atoms with E-state index in [0.29, 0.717) is 37.7 Å². The van der Waals surface area contributed by atoms with Gasteiger partial charge in [0.05, 0.1) is 43.5 Å². The SMILES string of the molecule is C/C=C(/C)C(=O)O[C@H]1[C@H](OC(=O)/C(C)=C\C)[C@@]2(CO)C(CC1(C)C)C1=CCC3[C@@]4(C)CC[C@H](O[C@@H]5OC(C(=O)O)[C@@H](O)C(O[C@@H]6O[C@@H](CO)C(O)C6O)C5O[C@@H]5OC(CO)[C@H](O)C(O)C5O)C(C)(C)C4CC[C@@]3(C)[C@]1(C)[C@@H](O)[C@H]2O. The average Bonchev–Trinajstić information content (AvgIpc) is 3.72. The first-order valence-electron chi connectivity index (χ1n) is 28.1. The standard InChI is InChI=1S/C57H88O23/c1-12-24(3)47(71)79-44-45(80-48(72)25(4)13-2)57(23-60)27(20-52(44,5)6)26-14-15-31-54(9)18-17-32(53(7,8)30(54)16-19-55(31,10)56(26,11)42(67)43(57)68)75-51-41(78-50-37(65)35(63)33(61)28(21-58)73-50)39(38(66)40(77-51)46(69)70)76-49-36(64)34(62)29(22-59)74-49/h12-14,27-45,49-51,58-68H,15-23H2,1-11H3,(H,69,70)/b24-12-,25-13-/t27?,28?,29-,30?,31?,32-,33-,34?,35?,36?,37?,38-,39?,40?,41?,42-,43+,44-,45-,49-,50-,51+,54-,55+,56-,57-/m0/s1. The third kappa shape index (κ3) is 9.76. The van der Waals surface area contributed by atoms with Crippen LogP contribution in [0.5, 0.6) is 0 Å². The molecule has 8 rings (SSSR count). The highest BCUT2D eigenvalue weighted by molar-refractivity contribution is 5.89. The van der Waals surface area contributed by atoms with Gasteiger partial charge in [-0.3, -0.25) is 0 Å². The predicted molar refractivity (Wildman–Crippen MR) is 277 cm³/mol. The third-order valence-corrected chi connectivity index (χ3v) is 21.4. The molecule has 454 valence electrons. The van der Waals surface area contributed by atoms with Crippen molar-refractivity contribution in [3.05, 3.63) is 34.9 Å². The number of rotatable bonds is 14. The summed E-state index contributed by atoms with van der Waals surface area (Å²) < 4.78 is 49.0. The van der Waals surface area contributed by atoms with Crippen LogP contribution in [0.25, 0.3) is 0 Å². The predicted octanol–water partition coefficient (Wildman–Crippen LogP) is 0.263. The first kappa shape index (κ1) is 63.0. The van der Waals surface area contributed by atoms with Gasteiger partial charge in [-0.2, -0.15) is 0 Å². The quantitative estimate of drug-likeness (QED) is 0.0480. The Morgan fingerprint density at radius 2 is 1.18 bits per heavy atom. The Morgan fingerprint density at radius 1 is 0.637 bits per heavy atom. The fourth-order valence-corrected chi connectivity index (χ4v) is 16.2. The van der Waals surface area contributed by atoms with Gasteiger partial charge in [0.2, 0.25) is 0 Å². The van der Waals surface area contributed by atoms with E-state index in [0.717, 1.165) is 5.57 Å². The second-order valence-corrected chi connectivity index (χ2v) is 26.0. The molecular formula is C57H88O23. The van der Waals surface area contributed by atoms with E-state index >= 15 is 0 Å². The number of aliphatic hydroxyl groups excluding tert-OH is 11. The molecule has 0 bridgehead atoms. The molecule has 80 heavy (non-hydrogen) atoms. The number of carboxylic acids is 1. The molecule has 0 aromatic heterocycles. The van der Waals surface area contributed by atoms with Gasteiger partial charge >= 0.3 is 17.9 Å². The molecule has 0 radical (unpaired) electrons. The monoisotopic (exact) mass is 1140 g/mol. The Kier molecular flexibility index (Phi) is 17.9. The zero-order valence-corrected chi connectivity index (χ0v) is 47.7. The lowest BCUT2D eigenvalue weighted by atomic mass is 9.32. The average molecular weight is 1140 g/mol. The topological polar surface area (TPSA) is 368 Å². The van der Waals surface area contributed by atoms with Gasteiger partial charge in [0, 0.05) is 22.0 Å². The molecule has 3 heterocycles. The Labute approximate surface area is 466 Å². The van der Waals surface area contributed by atoms with Crippen LogP contribution in [-0.2, 0) is 52.3 Å². The van der Waals surface area contributed by atoms with E-state index in [-0.39, 0.29) is 23.8 Å².